The van der Waals surface area contributed by atoms with Crippen LogP contribution in [0.2, 0.25) is 0 Å². The van der Waals surface area contributed by atoms with E-state index in [2.05, 4.69) is 15.4 Å². The van der Waals surface area contributed by atoms with E-state index in [9.17, 15) is 9.18 Å². The third-order valence-corrected chi connectivity index (χ3v) is 3.65. The number of anilines is 1. The van der Waals surface area contributed by atoms with E-state index >= 15 is 0 Å². The molecule has 24 heavy (non-hydrogen) atoms. The first-order valence-corrected chi connectivity index (χ1v) is 7.62. The van der Waals surface area contributed by atoms with Crippen molar-refractivity contribution >= 4 is 11.6 Å². The number of benzene rings is 1. The van der Waals surface area contributed by atoms with Gasteiger partial charge in [-0.25, -0.2) is 9.37 Å². The van der Waals surface area contributed by atoms with E-state index in [1.54, 1.807) is 46.9 Å². The number of aryl methyl sites for hydroxylation is 3. The topological polar surface area (TPSA) is 64.7 Å². The summed E-state index contributed by atoms with van der Waals surface area (Å²) in [4.78, 5) is 16.1. The fraction of sp³-hybridized carbons (Fsp3) is 0.235. The average molecular weight is 327 g/mol. The second kappa shape index (κ2) is 6.66. The Hall–Kier alpha value is -2.96. The first kappa shape index (κ1) is 15.9. The highest BCUT2D eigenvalue weighted by Crippen LogP contribution is 2.19. The standard InChI is InChI=1S/C17H18FN5O/c1-12-10-20-22(11-12)7-5-17(24)21-14-3-4-16(15(18)9-14)23-8-6-19-13(23)2/h3-4,6,8-11H,5,7H2,1-2H3,(H,21,24). The fourth-order valence-corrected chi connectivity index (χ4v) is 2.44. The number of imidazole rings is 1. The van der Waals surface area contributed by atoms with Gasteiger partial charge in [0.05, 0.1) is 11.9 Å². The Morgan fingerprint density at radius 1 is 1.33 bits per heavy atom. The van der Waals surface area contributed by atoms with Gasteiger partial charge < -0.3 is 9.88 Å². The fourth-order valence-electron chi connectivity index (χ4n) is 2.44. The van der Waals surface area contributed by atoms with Crippen molar-refractivity contribution in [2.45, 2.75) is 26.8 Å². The highest BCUT2D eigenvalue weighted by Gasteiger charge is 2.10. The Morgan fingerprint density at radius 2 is 2.17 bits per heavy atom. The minimum Gasteiger partial charge on any atom is -0.326 e. The molecule has 0 unspecified atom stereocenters. The molecule has 0 aliphatic carbocycles. The van der Waals surface area contributed by atoms with Gasteiger partial charge in [-0.3, -0.25) is 9.48 Å². The Kier molecular flexibility index (Phi) is 4.41. The SMILES string of the molecule is Cc1cnn(CCC(=O)Nc2ccc(-n3ccnc3C)c(F)c2)c1. The molecule has 0 saturated heterocycles. The number of hydrogen-bond acceptors (Lipinski definition) is 3. The normalized spacial score (nSPS) is 10.8. The van der Waals surface area contributed by atoms with Crippen molar-refractivity contribution in [2.24, 2.45) is 0 Å². The zero-order valence-corrected chi connectivity index (χ0v) is 13.5. The quantitative estimate of drug-likeness (QED) is 0.784. The molecular formula is C17H18FN5O. The van der Waals surface area contributed by atoms with Gasteiger partial charge in [0.1, 0.15) is 11.6 Å². The molecule has 1 amide bonds. The molecule has 2 heterocycles. The predicted octanol–water partition coefficient (Wildman–Crippen LogP) is 2.85. The molecule has 124 valence electrons. The smallest absolute Gasteiger partial charge is 0.226 e. The maximum atomic E-state index is 14.3. The first-order chi connectivity index (χ1) is 11.5. The third kappa shape index (κ3) is 3.51. The largest absolute Gasteiger partial charge is 0.326 e. The van der Waals surface area contributed by atoms with Crippen molar-refractivity contribution in [3.8, 4) is 5.69 Å². The summed E-state index contributed by atoms with van der Waals surface area (Å²) in [6.45, 7) is 4.22. The summed E-state index contributed by atoms with van der Waals surface area (Å²) in [6.07, 6.45) is 7.18. The van der Waals surface area contributed by atoms with Crippen LogP contribution in [0.15, 0.2) is 43.0 Å². The van der Waals surface area contributed by atoms with Crippen molar-refractivity contribution in [1.82, 2.24) is 19.3 Å². The number of carbonyl (C=O) groups excluding carboxylic acids is 1. The molecule has 7 heteroatoms. The highest BCUT2D eigenvalue weighted by atomic mass is 19.1. The summed E-state index contributed by atoms with van der Waals surface area (Å²) in [5, 5.41) is 6.83. The van der Waals surface area contributed by atoms with Crippen molar-refractivity contribution in [2.75, 3.05) is 5.32 Å². The number of amides is 1. The number of carbonyl (C=O) groups is 1. The Bertz CT molecular complexity index is 868. The Labute approximate surface area is 138 Å². The van der Waals surface area contributed by atoms with E-state index in [-0.39, 0.29) is 12.3 Å². The second-order valence-corrected chi connectivity index (χ2v) is 5.59. The zero-order valence-electron chi connectivity index (χ0n) is 13.5. The van der Waals surface area contributed by atoms with E-state index in [0.29, 0.717) is 23.7 Å². The molecule has 3 rings (SSSR count). The summed E-state index contributed by atoms with van der Waals surface area (Å²) in [7, 11) is 0. The predicted molar refractivity (Wildman–Crippen MR) is 88.5 cm³/mol. The van der Waals surface area contributed by atoms with E-state index in [1.807, 2.05) is 13.1 Å². The molecule has 0 aliphatic rings. The van der Waals surface area contributed by atoms with Gasteiger partial charge in [0.15, 0.2) is 0 Å². The van der Waals surface area contributed by atoms with Gasteiger partial charge in [-0.15, -0.1) is 0 Å². The molecule has 1 N–H and O–H groups in total. The van der Waals surface area contributed by atoms with Crippen molar-refractivity contribution in [3.05, 3.63) is 60.2 Å². The lowest BCUT2D eigenvalue weighted by atomic mass is 10.2. The van der Waals surface area contributed by atoms with E-state index in [0.717, 1.165) is 5.56 Å². The summed E-state index contributed by atoms with van der Waals surface area (Å²) >= 11 is 0. The van der Waals surface area contributed by atoms with Crippen LogP contribution < -0.4 is 5.32 Å². The lowest BCUT2D eigenvalue weighted by Gasteiger charge is -2.10. The van der Waals surface area contributed by atoms with Crippen molar-refractivity contribution in [3.63, 3.8) is 0 Å². The van der Waals surface area contributed by atoms with Crippen LogP contribution in [0.4, 0.5) is 10.1 Å². The van der Waals surface area contributed by atoms with E-state index in [1.165, 1.54) is 6.07 Å². The number of aromatic nitrogens is 4. The van der Waals surface area contributed by atoms with Crippen molar-refractivity contribution < 1.29 is 9.18 Å². The minimum atomic E-state index is -0.420. The molecular weight excluding hydrogens is 309 g/mol. The number of nitrogens with one attached hydrogen (secondary N) is 1. The van der Waals surface area contributed by atoms with Gasteiger partial charge in [-0.1, -0.05) is 0 Å². The average Bonchev–Trinajstić information content (AvgIpc) is 3.14. The summed E-state index contributed by atoms with van der Waals surface area (Å²) in [5.41, 5.74) is 1.87. The number of nitrogens with zero attached hydrogens (tertiary/aromatic N) is 4. The monoisotopic (exact) mass is 327 g/mol. The van der Waals surface area contributed by atoms with E-state index in [4.69, 9.17) is 0 Å². The van der Waals surface area contributed by atoms with Gasteiger partial charge in [-0.05, 0) is 37.6 Å². The van der Waals surface area contributed by atoms with Gasteiger partial charge in [0, 0.05) is 37.2 Å². The Balaban J connectivity index is 1.64. The molecule has 1 aromatic carbocycles. The number of hydrogen-bond donors (Lipinski definition) is 1. The molecule has 0 atom stereocenters. The summed E-state index contributed by atoms with van der Waals surface area (Å²) in [6, 6.07) is 4.61. The van der Waals surface area contributed by atoms with Crippen LogP contribution in [-0.2, 0) is 11.3 Å². The highest BCUT2D eigenvalue weighted by molar-refractivity contribution is 5.90. The van der Waals surface area contributed by atoms with E-state index < -0.39 is 5.82 Å². The van der Waals surface area contributed by atoms with Crippen LogP contribution in [-0.4, -0.2) is 25.2 Å². The first-order valence-electron chi connectivity index (χ1n) is 7.62. The minimum absolute atomic E-state index is 0.186. The lowest BCUT2D eigenvalue weighted by Crippen LogP contribution is -2.15. The maximum absolute atomic E-state index is 14.3. The summed E-state index contributed by atoms with van der Waals surface area (Å²) < 4.78 is 17.6. The molecule has 3 aromatic rings. The zero-order chi connectivity index (χ0) is 17.1. The molecule has 6 nitrogen and oxygen atoms in total. The van der Waals surface area contributed by atoms with Crippen molar-refractivity contribution in [1.29, 1.82) is 0 Å². The molecule has 0 spiro atoms. The lowest BCUT2D eigenvalue weighted by molar-refractivity contribution is -0.116. The van der Waals surface area contributed by atoms with Crippen LogP contribution in [0.25, 0.3) is 5.69 Å². The van der Waals surface area contributed by atoms with Gasteiger partial charge in [-0.2, -0.15) is 5.10 Å². The van der Waals surface area contributed by atoms with Crippen LogP contribution in [0, 0.1) is 19.7 Å². The molecule has 0 fully saturated rings. The van der Waals surface area contributed by atoms with Gasteiger partial charge in [0.25, 0.3) is 0 Å². The number of halogens is 1. The third-order valence-electron chi connectivity index (χ3n) is 3.65. The van der Waals surface area contributed by atoms with Gasteiger partial charge >= 0.3 is 0 Å². The van der Waals surface area contributed by atoms with Crippen LogP contribution in [0.3, 0.4) is 0 Å². The molecule has 0 radical (unpaired) electrons. The second-order valence-electron chi connectivity index (χ2n) is 5.59. The Morgan fingerprint density at radius 3 is 2.79 bits per heavy atom. The van der Waals surface area contributed by atoms with Crippen LogP contribution in [0.5, 0.6) is 0 Å². The van der Waals surface area contributed by atoms with Crippen LogP contribution >= 0.6 is 0 Å². The summed E-state index contributed by atoms with van der Waals surface area (Å²) in [5.74, 6) is 0.0888. The van der Waals surface area contributed by atoms with Gasteiger partial charge in [0.2, 0.25) is 5.91 Å². The van der Waals surface area contributed by atoms with Crippen LogP contribution in [0.1, 0.15) is 17.8 Å². The molecule has 0 bridgehead atoms. The molecule has 0 saturated carbocycles. The molecule has 2 aromatic heterocycles. The maximum Gasteiger partial charge on any atom is 0.226 e. The number of rotatable bonds is 5. The molecule has 0 aliphatic heterocycles.